The van der Waals surface area contributed by atoms with E-state index in [1.54, 1.807) is 0 Å². The van der Waals surface area contributed by atoms with Crippen molar-refractivity contribution in [3.63, 3.8) is 0 Å². The molecule has 5 nitrogen and oxygen atoms in total. The van der Waals surface area contributed by atoms with E-state index >= 15 is 0 Å². The minimum Gasteiger partial charge on any atom is -0.481 e. The van der Waals surface area contributed by atoms with Crippen molar-refractivity contribution in [2.45, 2.75) is 39.0 Å². The number of carboxylic acid groups (broad SMARTS) is 1. The number of aliphatic carboxylic acids is 1. The number of aliphatic hydroxyl groups excluding tert-OH is 1. The first-order valence-corrected chi connectivity index (χ1v) is 5.69. The van der Waals surface area contributed by atoms with Gasteiger partial charge in [0.15, 0.2) is 0 Å². The first-order chi connectivity index (χ1) is 7.60. The minimum absolute atomic E-state index is 0.0290. The van der Waals surface area contributed by atoms with Crippen LogP contribution in [-0.4, -0.2) is 35.2 Å². The Morgan fingerprint density at radius 2 is 2.00 bits per heavy atom. The summed E-state index contributed by atoms with van der Waals surface area (Å²) < 4.78 is 0. The van der Waals surface area contributed by atoms with Gasteiger partial charge in [-0.25, -0.2) is 0 Å². The number of aliphatic hydroxyl groups is 1. The van der Waals surface area contributed by atoms with E-state index in [9.17, 15) is 9.59 Å². The second-order valence-electron chi connectivity index (χ2n) is 3.84. The van der Waals surface area contributed by atoms with Crippen LogP contribution in [0.15, 0.2) is 0 Å². The predicted molar refractivity (Wildman–Crippen MR) is 60.0 cm³/mol. The van der Waals surface area contributed by atoms with Crippen LogP contribution in [0.5, 0.6) is 0 Å². The molecule has 0 aromatic rings. The van der Waals surface area contributed by atoms with Crippen molar-refractivity contribution in [2.75, 3.05) is 13.2 Å². The Morgan fingerprint density at radius 1 is 1.31 bits per heavy atom. The third kappa shape index (κ3) is 8.23. The van der Waals surface area contributed by atoms with Crippen molar-refractivity contribution >= 4 is 11.9 Å². The SMILES string of the molecule is CCC(CCO)CNC(=O)CCCC(=O)O. The van der Waals surface area contributed by atoms with Crippen LogP contribution < -0.4 is 5.32 Å². The fourth-order valence-corrected chi connectivity index (χ4v) is 1.38. The molecule has 0 heterocycles. The molecule has 0 spiro atoms. The molecule has 3 N–H and O–H groups in total. The van der Waals surface area contributed by atoms with E-state index in [0.29, 0.717) is 25.3 Å². The molecule has 0 saturated carbocycles. The van der Waals surface area contributed by atoms with Crippen LogP contribution in [0.25, 0.3) is 0 Å². The highest BCUT2D eigenvalue weighted by atomic mass is 16.4. The topological polar surface area (TPSA) is 86.6 Å². The van der Waals surface area contributed by atoms with Crippen LogP contribution in [0.2, 0.25) is 0 Å². The number of carboxylic acids is 1. The monoisotopic (exact) mass is 231 g/mol. The van der Waals surface area contributed by atoms with Gasteiger partial charge in [0.1, 0.15) is 0 Å². The van der Waals surface area contributed by atoms with Crippen molar-refractivity contribution in [3.8, 4) is 0 Å². The summed E-state index contributed by atoms with van der Waals surface area (Å²) in [7, 11) is 0. The van der Waals surface area contributed by atoms with Crippen LogP contribution in [0.4, 0.5) is 0 Å². The summed E-state index contributed by atoms with van der Waals surface area (Å²) in [4.78, 5) is 21.5. The van der Waals surface area contributed by atoms with Crippen molar-refractivity contribution in [3.05, 3.63) is 0 Å². The summed E-state index contributed by atoms with van der Waals surface area (Å²) in [5.74, 6) is -0.689. The zero-order chi connectivity index (χ0) is 12.4. The van der Waals surface area contributed by atoms with E-state index in [-0.39, 0.29) is 25.4 Å². The van der Waals surface area contributed by atoms with Crippen LogP contribution in [0.1, 0.15) is 39.0 Å². The quantitative estimate of drug-likeness (QED) is 0.547. The standard InChI is InChI=1S/C11H21NO4/c1-2-9(6-7-13)8-12-10(14)4-3-5-11(15)16/h9,13H,2-8H2,1H3,(H,12,14)(H,15,16). The average molecular weight is 231 g/mol. The third-order valence-electron chi connectivity index (χ3n) is 2.50. The van der Waals surface area contributed by atoms with Crippen molar-refractivity contribution < 1.29 is 19.8 Å². The molecule has 0 bridgehead atoms. The van der Waals surface area contributed by atoms with Gasteiger partial charge < -0.3 is 15.5 Å². The Hall–Kier alpha value is -1.10. The summed E-state index contributed by atoms with van der Waals surface area (Å²) in [5, 5.41) is 19.9. The van der Waals surface area contributed by atoms with E-state index in [0.717, 1.165) is 6.42 Å². The van der Waals surface area contributed by atoms with Crippen molar-refractivity contribution in [2.24, 2.45) is 5.92 Å². The number of nitrogens with one attached hydrogen (secondary N) is 1. The summed E-state index contributed by atoms with van der Waals surface area (Å²) in [6, 6.07) is 0. The summed E-state index contributed by atoms with van der Waals surface area (Å²) in [5.41, 5.74) is 0. The molecule has 5 heteroatoms. The molecule has 1 atom stereocenters. The van der Waals surface area contributed by atoms with Gasteiger partial charge >= 0.3 is 5.97 Å². The average Bonchev–Trinajstić information content (AvgIpc) is 2.23. The van der Waals surface area contributed by atoms with E-state index < -0.39 is 5.97 Å². The highest BCUT2D eigenvalue weighted by molar-refractivity contribution is 5.76. The van der Waals surface area contributed by atoms with Crippen molar-refractivity contribution in [1.29, 1.82) is 0 Å². The molecule has 1 unspecified atom stereocenters. The Balaban J connectivity index is 3.58. The first-order valence-electron chi connectivity index (χ1n) is 5.69. The highest BCUT2D eigenvalue weighted by Gasteiger charge is 2.08. The van der Waals surface area contributed by atoms with Gasteiger partial charge in [-0.2, -0.15) is 0 Å². The zero-order valence-corrected chi connectivity index (χ0v) is 9.74. The molecule has 0 aliphatic heterocycles. The lowest BCUT2D eigenvalue weighted by Crippen LogP contribution is -2.29. The molecular weight excluding hydrogens is 210 g/mol. The molecule has 0 aromatic carbocycles. The van der Waals surface area contributed by atoms with E-state index in [1.165, 1.54) is 0 Å². The molecule has 1 amide bonds. The lowest BCUT2D eigenvalue weighted by Gasteiger charge is -2.14. The van der Waals surface area contributed by atoms with Gasteiger partial charge in [-0.3, -0.25) is 9.59 Å². The zero-order valence-electron chi connectivity index (χ0n) is 9.74. The number of hydrogen-bond acceptors (Lipinski definition) is 3. The van der Waals surface area contributed by atoms with Gasteiger partial charge in [-0.05, 0) is 18.8 Å². The molecule has 0 fully saturated rings. The summed E-state index contributed by atoms with van der Waals surface area (Å²) in [6.45, 7) is 2.70. The Morgan fingerprint density at radius 3 is 2.50 bits per heavy atom. The van der Waals surface area contributed by atoms with Gasteiger partial charge in [-0.15, -0.1) is 0 Å². The maximum Gasteiger partial charge on any atom is 0.303 e. The van der Waals surface area contributed by atoms with Gasteiger partial charge in [0, 0.05) is 26.0 Å². The fourth-order valence-electron chi connectivity index (χ4n) is 1.38. The molecule has 0 rings (SSSR count). The minimum atomic E-state index is -0.875. The Kier molecular flexibility index (Phi) is 8.52. The smallest absolute Gasteiger partial charge is 0.303 e. The van der Waals surface area contributed by atoms with E-state index in [1.807, 2.05) is 6.92 Å². The van der Waals surface area contributed by atoms with Gasteiger partial charge in [0.2, 0.25) is 5.91 Å². The normalized spacial score (nSPS) is 12.1. The molecule has 0 saturated heterocycles. The number of amides is 1. The maximum atomic E-state index is 11.3. The van der Waals surface area contributed by atoms with E-state index in [4.69, 9.17) is 10.2 Å². The number of carbonyl (C=O) groups excluding carboxylic acids is 1. The third-order valence-corrected chi connectivity index (χ3v) is 2.50. The molecule has 0 aliphatic carbocycles. The van der Waals surface area contributed by atoms with Crippen LogP contribution in [0, 0.1) is 5.92 Å². The maximum absolute atomic E-state index is 11.3. The van der Waals surface area contributed by atoms with Crippen LogP contribution in [0.3, 0.4) is 0 Å². The first kappa shape index (κ1) is 14.9. The summed E-state index contributed by atoms with van der Waals surface area (Å²) in [6.07, 6.45) is 2.25. The molecule has 16 heavy (non-hydrogen) atoms. The molecule has 0 aliphatic rings. The number of hydrogen-bond donors (Lipinski definition) is 3. The number of carbonyl (C=O) groups is 2. The Bertz CT molecular complexity index is 218. The second-order valence-corrected chi connectivity index (χ2v) is 3.84. The molecular formula is C11H21NO4. The fraction of sp³-hybridized carbons (Fsp3) is 0.818. The lowest BCUT2D eigenvalue weighted by molar-refractivity contribution is -0.137. The van der Waals surface area contributed by atoms with Gasteiger partial charge in [0.25, 0.3) is 0 Å². The second kappa shape index (κ2) is 9.15. The van der Waals surface area contributed by atoms with Crippen LogP contribution in [-0.2, 0) is 9.59 Å². The molecule has 94 valence electrons. The van der Waals surface area contributed by atoms with Crippen LogP contribution >= 0.6 is 0 Å². The summed E-state index contributed by atoms with van der Waals surface area (Å²) >= 11 is 0. The molecule has 0 aromatic heterocycles. The largest absolute Gasteiger partial charge is 0.481 e. The lowest BCUT2D eigenvalue weighted by atomic mass is 10.0. The highest BCUT2D eigenvalue weighted by Crippen LogP contribution is 2.05. The molecule has 0 radical (unpaired) electrons. The van der Waals surface area contributed by atoms with E-state index in [2.05, 4.69) is 5.32 Å². The van der Waals surface area contributed by atoms with Crippen molar-refractivity contribution in [1.82, 2.24) is 5.32 Å². The van der Waals surface area contributed by atoms with Gasteiger partial charge in [0.05, 0.1) is 0 Å². The predicted octanol–water partition coefficient (Wildman–Crippen LogP) is 0.766. The number of rotatable bonds is 9. The van der Waals surface area contributed by atoms with Gasteiger partial charge in [-0.1, -0.05) is 13.3 Å². The Labute approximate surface area is 95.9 Å².